The molecule has 3 rings (SSSR count). The Morgan fingerprint density at radius 3 is 2.38 bits per heavy atom. The van der Waals surface area contributed by atoms with Crippen molar-refractivity contribution in [3.63, 3.8) is 0 Å². The summed E-state index contributed by atoms with van der Waals surface area (Å²) in [4.78, 5) is 56.5. The van der Waals surface area contributed by atoms with Crippen molar-refractivity contribution in [3.8, 4) is 0 Å². The molecule has 0 saturated carbocycles. The van der Waals surface area contributed by atoms with Crippen LogP contribution in [0.15, 0.2) is 30.3 Å². The normalized spacial score (nSPS) is 24.4. The van der Waals surface area contributed by atoms with E-state index in [-0.39, 0.29) is 36.1 Å². The van der Waals surface area contributed by atoms with Gasteiger partial charge in [0.25, 0.3) is 0 Å². The van der Waals surface area contributed by atoms with Gasteiger partial charge in [-0.2, -0.15) is 0 Å². The third-order valence-electron chi connectivity index (χ3n) is 6.48. The molecule has 2 aliphatic rings. The molecule has 1 aromatic rings. The summed E-state index contributed by atoms with van der Waals surface area (Å²) in [5.41, 5.74) is 0.915. The zero-order valence-electron chi connectivity index (χ0n) is 20.6. The molecule has 1 aromatic carbocycles. The number of hydrogen-bond acceptors (Lipinski definition) is 4. The molecule has 3 atom stereocenters. The molecule has 8 nitrogen and oxygen atoms in total. The van der Waals surface area contributed by atoms with Gasteiger partial charge in [0.2, 0.25) is 23.6 Å². The Kier molecular flexibility index (Phi) is 9.07. The Morgan fingerprint density at radius 2 is 1.71 bits per heavy atom. The predicted octanol–water partition coefficient (Wildman–Crippen LogP) is 1.88. The molecule has 2 aliphatic heterocycles. The number of fused-ring (bicyclic) bond motifs is 1. The number of nitrogens with one attached hydrogen (secondary N) is 2. The molecule has 0 unspecified atom stereocenters. The van der Waals surface area contributed by atoms with Crippen molar-refractivity contribution >= 4 is 23.6 Å². The van der Waals surface area contributed by atoms with Gasteiger partial charge in [0.15, 0.2) is 0 Å². The minimum atomic E-state index is -0.823. The average Bonchev–Trinajstić information content (AvgIpc) is 3.30. The fourth-order valence-corrected chi connectivity index (χ4v) is 4.75. The fraction of sp³-hybridized carbons (Fsp3) is 0.615. The summed E-state index contributed by atoms with van der Waals surface area (Å²) in [6.45, 7) is 6.80. The van der Waals surface area contributed by atoms with Gasteiger partial charge in [-0.3, -0.25) is 19.2 Å². The molecule has 2 fully saturated rings. The molecule has 2 heterocycles. The topological polar surface area (TPSA) is 98.8 Å². The van der Waals surface area contributed by atoms with E-state index in [9.17, 15) is 19.2 Å². The lowest BCUT2D eigenvalue weighted by Gasteiger charge is -2.34. The third kappa shape index (κ3) is 6.58. The van der Waals surface area contributed by atoms with Crippen molar-refractivity contribution < 1.29 is 19.2 Å². The van der Waals surface area contributed by atoms with Crippen LogP contribution >= 0.6 is 0 Å². The van der Waals surface area contributed by atoms with Crippen molar-refractivity contribution in [2.24, 2.45) is 5.92 Å². The quantitative estimate of drug-likeness (QED) is 0.636. The summed E-state index contributed by atoms with van der Waals surface area (Å²) in [7, 11) is 0. The van der Waals surface area contributed by atoms with Gasteiger partial charge < -0.3 is 20.4 Å². The molecule has 0 bridgehead atoms. The van der Waals surface area contributed by atoms with Gasteiger partial charge in [-0.25, -0.2) is 0 Å². The maximum atomic E-state index is 13.7. The van der Waals surface area contributed by atoms with Gasteiger partial charge in [0.1, 0.15) is 18.1 Å². The fourth-order valence-electron chi connectivity index (χ4n) is 4.75. The van der Waals surface area contributed by atoms with Crippen LogP contribution in [0.4, 0.5) is 0 Å². The molecule has 8 heteroatoms. The highest BCUT2D eigenvalue weighted by atomic mass is 16.2. The standard InChI is InChI=1S/C26H38N4O4/c1-4-5-12-20-24(32)28-21(15-19-10-7-6-8-11-19)26(34)29(16-18(2)3)17-23(31)30-14-9-13-22(30)25(33)27-20/h6-8,10-11,18,20-22H,4-5,9,12-17H2,1-3H3,(H,27,33)(H,28,32)/t20-,21-,22+/m0/s1. The monoisotopic (exact) mass is 470 g/mol. The van der Waals surface area contributed by atoms with Gasteiger partial charge in [-0.1, -0.05) is 63.9 Å². The minimum Gasteiger partial charge on any atom is -0.343 e. The first-order valence-corrected chi connectivity index (χ1v) is 12.5. The first kappa shape index (κ1) is 25.7. The Balaban J connectivity index is 1.96. The summed E-state index contributed by atoms with van der Waals surface area (Å²) in [5, 5.41) is 5.80. The molecule has 186 valence electrons. The first-order chi connectivity index (χ1) is 16.3. The van der Waals surface area contributed by atoms with Gasteiger partial charge in [-0.05, 0) is 30.7 Å². The number of amides is 4. The number of carbonyl (C=O) groups is 4. The zero-order valence-corrected chi connectivity index (χ0v) is 20.6. The average molecular weight is 471 g/mol. The van der Waals surface area contributed by atoms with E-state index in [2.05, 4.69) is 10.6 Å². The van der Waals surface area contributed by atoms with Crippen LogP contribution in [0.5, 0.6) is 0 Å². The lowest BCUT2D eigenvalue weighted by Crippen LogP contribution is -2.60. The molecule has 2 saturated heterocycles. The third-order valence-corrected chi connectivity index (χ3v) is 6.48. The molecule has 0 aliphatic carbocycles. The number of hydrogen-bond donors (Lipinski definition) is 2. The van der Waals surface area contributed by atoms with E-state index in [1.165, 1.54) is 0 Å². The van der Waals surface area contributed by atoms with Crippen molar-refractivity contribution in [1.82, 2.24) is 20.4 Å². The number of nitrogens with zero attached hydrogens (tertiary/aromatic N) is 2. The van der Waals surface area contributed by atoms with Gasteiger partial charge >= 0.3 is 0 Å². The van der Waals surface area contributed by atoms with Crippen LogP contribution < -0.4 is 10.6 Å². The first-order valence-electron chi connectivity index (χ1n) is 12.5. The highest BCUT2D eigenvalue weighted by Crippen LogP contribution is 2.20. The van der Waals surface area contributed by atoms with Gasteiger partial charge in [-0.15, -0.1) is 0 Å². The van der Waals surface area contributed by atoms with Crippen molar-refractivity contribution in [3.05, 3.63) is 35.9 Å². The van der Waals surface area contributed by atoms with Crippen LogP contribution in [-0.2, 0) is 25.6 Å². The Labute approximate surface area is 202 Å². The number of benzene rings is 1. The Hall–Kier alpha value is -2.90. The molecular formula is C26H38N4O4. The van der Waals surface area contributed by atoms with Crippen LogP contribution in [0.3, 0.4) is 0 Å². The van der Waals surface area contributed by atoms with Crippen LogP contribution in [0.1, 0.15) is 58.4 Å². The molecule has 2 N–H and O–H groups in total. The smallest absolute Gasteiger partial charge is 0.245 e. The van der Waals surface area contributed by atoms with E-state index < -0.39 is 18.1 Å². The Morgan fingerprint density at radius 1 is 1.00 bits per heavy atom. The largest absolute Gasteiger partial charge is 0.343 e. The molecule has 0 spiro atoms. The number of carbonyl (C=O) groups excluding carboxylic acids is 4. The molecule has 0 aromatic heterocycles. The van der Waals surface area contributed by atoms with Crippen LogP contribution in [0.2, 0.25) is 0 Å². The molecular weight excluding hydrogens is 432 g/mol. The van der Waals surface area contributed by atoms with E-state index in [0.29, 0.717) is 32.4 Å². The van der Waals surface area contributed by atoms with E-state index in [4.69, 9.17) is 0 Å². The zero-order chi connectivity index (χ0) is 24.7. The molecule has 4 amide bonds. The summed E-state index contributed by atoms with van der Waals surface area (Å²) in [6, 6.07) is 7.36. The van der Waals surface area contributed by atoms with E-state index >= 15 is 0 Å². The molecule has 34 heavy (non-hydrogen) atoms. The van der Waals surface area contributed by atoms with Crippen LogP contribution in [0, 0.1) is 5.92 Å². The Bertz CT molecular complexity index is 873. The predicted molar refractivity (Wildman–Crippen MR) is 130 cm³/mol. The van der Waals surface area contributed by atoms with Crippen molar-refractivity contribution in [1.29, 1.82) is 0 Å². The van der Waals surface area contributed by atoms with Crippen molar-refractivity contribution in [2.75, 3.05) is 19.6 Å². The summed E-state index contributed by atoms with van der Waals surface area (Å²) >= 11 is 0. The highest BCUT2D eigenvalue weighted by molar-refractivity contribution is 5.96. The van der Waals surface area contributed by atoms with E-state index in [0.717, 1.165) is 24.8 Å². The number of rotatable bonds is 7. The maximum Gasteiger partial charge on any atom is 0.245 e. The second-order valence-corrected chi connectivity index (χ2v) is 9.81. The van der Waals surface area contributed by atoms with Crippen LogP contribution in [-0.4, -0.2) is 71.2 Å². The van der Waals surface area contributed by atoms with Crippen molar-refractivity contribution in [2.45, 2.75) is 77.4 Å². The second kappa shape index (κ2) is 12.0. The van der Waals surface area contributed by atoms with E-state index in [1.54, 1.807) is 9.80 Å². The summed E-state index contributed by atoms with van der Waals surface area (Å²) in [5.74, 6) is -0.980. The van der Waals surface area contributed by atoms with Crippen LogP contribution in [0.25, 0.3) is 0 Å². The molecule has 0 radical (unpaired) electrons. The highest BCUT2D eigenvalue weighted by Gasteiger charge is 2.39. The van der Waals surface area contributed by atoms with Gasteiger partial charge in [0, 0.05) is 19.5 Å². The number of unbranched alkanes of at least 4 members (excludes halogenated alkanes) is 1. The summed E-state index contributed by atoms with van der Waals surface area (Å²) in [6.07, 6.45) is 3.73. The SMILES string of the molecule is CCCC[C@@H]1NC(=O)[C@H]2CCCN2C(=O)CN(CC(C)C)C(=O)[C@H](Cc2ccccc2)NC1=O. The van der Waals surface area contributed by atoms with Gasteiger partial charge in [0.05, 0.1) is 6.54 Å². The second-order valence-electron chi connectivity index (χ2n) is 9.81. The lowest BCUT2D eigenvalue weighted by molar-refractivity contribution is -0.146. The maximum absolute atomic E-state index is 13.7. The minimum absolute atomic E-state index is 0.0960. The lowest BCUT2D eigenvalue weighted by atomic mass is 10.0. The van der Waals surface area contributed by atoms with E-state index in [1.807, 2.05) is 51.1 Å². The summed E-state index contributed by atoms with van der Waals surface area (Å²) < 4.78 is 0.